The molecule has 11 heteroatoms. The molecule has 0 aliphatic heterocycles. The standard InChI is InChI=1S/C17H15ClF3IN2O3S/c1-10-7-12(22)4-6-14(10)23-16(25)9-24(28(2,26)27)15-8-11(17(19,20)21)3-5-13(15)18/h3-8H,9H2,1-2H3,(H,23,25). The lowest BCUT2D eigenvalue weighted by molar-refractivity contribution is -0.137. The molecule has 0 bridgehead atoms. The molecule has 0 saturated carbocycles. The van der Waals surface area contributed by atoms with Crippen molar-refractivity contribution in [2.75, 3.05) is 22.4 Å². The molecular formula is C17H15ClF3IN2O3S. The second-order valence-corrected chi connectivity index (χ2v) is 9.50. The number of benzene rings is 2. The van der Waals surface area contributed by atoms with Gasteiger partial charge >= 0.3 is 6.18 Å². The van der Waals surface area contributed by atoms with E-state index in [1.54, 1.807) is 19.1 Å². The molecule has 0 aromatic heterocycles. The van der Waals surface area contributed by atoms with Gasteiger partial charge in [0.1, 0.15) is 6.54 Å². The van der Waals surface area contributed by atoms with E-state index in [2.05, 4.69) is 27.9 Å². The normalized spacial score (nSPS) is 12.0. The molecule has 28 heavy (non-hydrogen) atoms. The van der Waals surface area contributed by atoms with Crippen LogP contribution in [0.2, 0.25) is 5.02 Å². The molecule has 5 nitrogen and oxygen atoms in total. The minimum absolute atomic E-state index is 0.225. The third kappa shape index (κ3) is 5.74. The maximum Gasteiger partial charge on any atom is 0.416 e. The van der Waals surface area contributed by atoms with Crippen LogP contribution in [0.4, 0.5) is 24.5 Å². The van der Waals surface area contributed by atoms with Crippen molar-refractivity contribution in [1.29, 1.82) is 0 Å². The first-order valence-electron chi connectivity index (χ1n) is 7.69. The predicted octanol–water partition coefficient (Wildman–Crippen LogP) is 4.68. The van der Waals surface area contributed by atoms with Crippen LogP contribution in [-0.4, -0.2) is 27.1 Å². The van der Waals surface area contributed by atoms with E-state index < -0.39 is 39.9 Å². The van der Waals surface area contributed by atoms with Crippen LogP contribution >= 0.6 is 34.2 Å². The largest absolute Gasteiger partial charge is 0.416 e. The molecule has 0 fully saturated rings. The summed E-state index contributed by atoms with van der Waals surface area (Å²) in [5.41, 5.74) is -0.278. The highest BCUT2D eigenvalue weighted by Crippen LogP contribution is 2.36. The number of hydrogen-bond donors (Lipinski definition) is 1. The van der Waals surface area contributed by atoms with Crippen molar-refractivity contribution in [3.8, 4) is 0 Å². The third-order valence-electron chi connectivity index (χ3n) is 3.69. The average molecular weight is 547 g/mol. The highest BCUT2D eigenvalue weighted by atomic mass is 127. The van der Waals surface area contributed by atoms with Gasteiger partial charge in [0.15, 0.2) is 0 Å². The van der Waals surface area contributed by atoms with Crippen LogP contribution in [0.3, 0.4) is 0 Å². The molecule has 2 aromatic carbocycles. The van der Waals surface area contributed by atoms with Crippen molar-refractivity contribution in [3.63, 3.8) is 0 Å². The quantitative estimate of drug-likeness (QED) is 0.554. The Morgan fingerprint density at radius 2 is 1.86 bits per heavy atom. The number of hydrogen-bond acceptors (Lipinski definition) is 3. The Hall–Kier alpha value is -1.53. The van der Waals surface area contributed by atoms with Crippen LogP contribution in [-0.2, 0) is 21.0 Å². The molecule has 0 aliphatic carbocycles. The van der Waals surface area contributed by atoms with E-state index in [0.29, 0.717) is 16.1 Å². The molecule has 2 aromatic rings. The van der Waals surface area contributed by atoms with Crippen molar-refractivity contribution < 1.29 is 26.4 Å². The highest BCUT2D eigenvalue weighted by molar-refractivity contribution is 14.1. The number of alkyl halides is 3. The van der Waals surface area contributed by atoms with E-state index in [1.165, 1.54) is 0 Å². The van der Waals surface area contributed by atoms with Gasteiger partial charge in [-0.3, -0.25) is 9.10 Å². The molecule has 0 spiro atoms. The van der Waals surface area contributed by atoms with Gasteiger partial charge in [-0.05, 0) is 71.5 Å². The number of rotatable bonds is 5. The minimum atomic E-state index is -4.69. The Morgan fingerprint density at radius 3 is 2.39 bits per heavy atom. The molecule has 1 N–H and O–H groups in total. The Balaban J connectivity index is 2.37. The Bertz CT molecular complexity index is 1010. The van der Waals surface area contributed by atoms with Gasteiger partial charge in [0.2, 0.25) is 15.9 Å². The average Bonchev–Trinajstić information content (AvgIpc) is 2.54. The fourth-order valence-electron chi connectivity index (χ4n) is 2.35. The smallest absolute Gasteiger partial charge is 0.324 e. The zero-order valence-corrected chi connectivity index (χ0v) is 18.4. The molecule has 2 rings (SSSR count). The van der Waals surface area contributed by atoms with E-state index in [1.807, 2.05) is 6.07 Å². The molecule has 152 valence electrons. The first kappa shape index (κ1) is 22.8. The van der Waals surface area contributed by atoms with Gasteiger partial charge in [-0.15, -0.1) is 0 Å². The van der Waals surface area contributed by atoms with Crippen molar-refractivity contribution in [3.05, 3.63) is 56.1 Å². The van der Waals surface area contributed by atoms with Gasteiger partial charge in [0.05, 0.1) is 22.5 Å². The molecule has 1 amide bonds. The van der Waals surface area contributed by atoms with Gasteiger partial charge in [-0.1, -0.05) is 11.6 Å². The predicted molar refractivity (Wildman–Crippen MR) is 111 cm³/mol. The van der Waals surface area contributed by atoms with Crippen LogP contribution in [0, 0.1) is 10.5 Å². The Kier molecular flexibility index (Phi) is 6.87. The summed E-state index contributed by atoms with van der Waals surface area (Å²) in [6.45, 7) is 1.03. The SMILES string of the molecule is Cc1cc(I)ccc1NC(=O)CN(c1cc(C(F)(F)F)ccc1Cl)S(C)(=O)=O. The lowest BCUT2D eigenvalue weighted by Gasteiger charge is -2.24. The maximum absolute atomic E-state index is 13.0. The van der Waals surface area contributed by atoms with E-state index in [-0.39, 0.29) is 5.02 Å². The molecular weight excluding hydrogens is 532 g/mol. The number of aryl methyl sites for hydroxylation is 1. The minimum Gasteiger partial charge on any atom is -0.324 e. The summed E-state index contributed by atoms with van der Waals surface area (Å²) in [6.07, 6.45) is -3.91. The zero-order chi connectivity index (χ0) is 21.3. The number of carbonyl (C=O) groups is 1. The van der Waals surface area contributed by atoms with E-state index in [0.717, 1.165) is 27.5 Å². The molecule has 0 radical (unpaired) electrons. The first-order valence-corrected chi connectivity index (χ1v) is 11.0. The monoisotopic (exact) mass is 546 g/mol. The summed E-state index contributed by atoms with van der Waals surface area (Å²) in [7, 11) is -4.09. The van der Waals surface area contributed by atoms with Crippen LogP contribution in [0.25, 0.3) is 0 Å². The lowest BCUT2D eigenvalue weighted by atomic mass is 10.2. The topological polar surface area (TPSA) is 66.5 Å². The molecule has 0 unspecified atom stereocenters. The lowest BCUT2D eigenvalue weighted by Crippen LogP contribution is -2.37. The summed E-state index contributed by atoms with van der Waals surface area (Å²) in [5.74, 6) is -0.719. The second kappa shape index (κ2) is 8.46. The van der Waals surface area contributed by atoms with Gasteiger partial charge in [0.25, 0.3) is 0 Å². The third-order valence-corrected chi connectivity index (χ3v) is 5.81. The number of nitrogens with zero attached hydrogens (tertiary/aromatic N) is 1. The summed E-state index contributed by atoms with van der Waals surface area (Å²) in [5, 5.41) is 2.34. The maximum atomic E-state index is 13.0. The molecule has 0 atom stereocenters. The number of carbonyl (C=O) groups excluding carboxylic acids is 1. The van der Waals surface area contributed by atoms with E-state index >= 15 is 0 Å². The molecule has 0 heterocycles. The van der Waals surface area contributed by atoms with Crippen LogP contribution in [0.5, 0.6) is 0 Å². The summed E-state index contributed by atoms with van der Waals surface area (Å²) in [4.78, 5) is 12.4. The number of halogens is 5. The van der Waals surface area contributed by atoms with Crippen LogP contribution in [0.15, 0.2) is 36.4 Å². The number of anilines is 2. The summed E-state index contributed by atoms with van der Waals surface area (Å²) in [6, 6.07) is 7.50. The molecule has 0 saturated heterocycles. The number of nitrogens with one attached hydrogen (secondary N) is 1. The second-order valence-electron chi connectivity index (χ2n) is 5.94. The van der Waals surface area contributed by atoms with Crippen molar-refractivity contribution in [1.82, 2.24) is 0 Å². The Labute approximate surface area is 179 Å². The zero-order valence-electron chi connectivity index (χ0n) is 14.6. The van der Waals surface area contributed by atoms with Crippen molar-refractivity contribution in [2.45, 2.75) is 13.1 Å². The van der Waals surface area contributed by atoms with Gasteiger partial charge in [-0.25, -0.2) is 8.42 Å². The fraction of sp³-hybridized carbons (Fsp3) is 0.235. The first-order chi connectivity index (χ1) is 12.8. The van der Waals surface area contributed by atoms with Gasteiger partial charge < -0.3 is 5.32 Å². The van der Waals surface area contributed by atoms with Crippen molar-refractivity contribution >= 4 is 61.5 Å². The molecule has 0 aliphatic rings. The summed E-state index contributed by atoms with van der Waals surface area (Å²) >= 11 is 8.03. The van der Waals surface area contributed by atoms with E-state index in [4.69, 9.17) is 11.6 Å². The van der Waals surface area contributed by atoms with Crippen LogP contribution in [0.1, 0.15) is 11.1 Å². The van der Waals surface area contributed by atoms with Crippen molar-refractivity contribution in [2.24, 2.45) is 0 Å². The highest BCUT2D eigenvalue weighted by Gasteiger charge is 2.33. The number of sulfonamides is 1. The van der Waals surface area contributed by atoms with E-state index in [9.17, 15) is 26.4 Å². The fourth-order valence-corrected chi connectivity index (χ4v) is 4.13. The van der Waals surface area contributed by atoms with Crippen LogP contribution < -0.4 is 9.62 Å². The Morgan fingerprint density at radius 1 is 1.21 bits per heavy atom. The summed E-state index contributed by atoms with van der Waals surface area (Å²) < 4.78 is 64.8. The number of amides is 1. The van der Waals surface area contributed by atoms with Gasteiger partial charge in [-0.2, -0.15) is 13.2 Å². The van der Waals surface area contributed by atoms with Gasteiger partial charge in [0, 0.05) is 9.26 Å².